The van der Waals surface area contributed by atoms with E-state index >= 15 is 0 Å². The van der Waals surface area contributed by atoms with E-state index in [0.29, 0.717) is 12.5 Å². The first-order valence-corrected chi connectivity index (χ1v) is 4.92. The van der Waals surface area contributed by atoms with Gasteiger partial charge in [-0.25, -0.2) is 9.78 Å². The summed E-state index contributed by atoms with van der Waals surface area (Å²) in [5.41, 5.74) is -0.182. The molecule has 0 spiro atoms. The summed E-state index contributed by atoms with van der Waals surface area (Å²) in [6, 6.07) is 1.77. The van der Waals surface area contributed by atoms with Gasteiger partial charge in [0.1, 0.15) is 0 Å². The molecule has 0 unspecified atom stereocenters. The van der Waals surface area contributed by atoms with Crippen molar-refractivity contribution in [1.82, 2.24) is 14.9 Å². The van der Waals surface area contributed by atoms with Gasteiger partial charge in [-0.1, -0.05) is 13.8 Å². The summed E-state index contributed by atoms with van der Waals surface area (Å²) in [4.78, 5) is 14.8. The van der Waals surface area contributed by atoms with Crippen LogP contribution in [0.3, 0.4) is 0 Å². The van der Waals surface area contributed by atoms with Gasteiger partial charge in [-0.3, -0.25) is 4.57 Å². The summed E-state index contributed by atoms with van der Waals surface area (Å²) in [7, 11) is 0. The maximum atomic E-state index is 11.2. The monoisotopic (exact) mass is 195 g/mol. The number of nitrogens with one attached hydrogen (secondary N) is 1. The minimum absolute atomic E-state index is 0.182. The molecule has 4 nitrogen and oxygen atoms in total. The van der Waals surface area contributed by atoms with Crippen molar-refractivity contribution in [2.75, 3.05) is 13.1 Å². The number of rotatable bonds is 5. The average molecular weight is 195 g/mol. The maximum absolute atomic E-state index is 11.2. The molecule has 78 valence electrons. The first kappa shape index (κ1) is 10.9. The standard InChI is InChI=1S/C10H17N3O/c1-9(2)8-11-5-7-13-6-3-4-12-10(13)14/h3-4,6,9,11H,5,7-8H2,1-2H3. The van der Waals surface area contributed by atoms with Crippen LogP contribution in [0.25, 0.3) is 0 Å². The lowest BCUT2D eigenvalue weighted by Crippen LogP contribution is -2.29. The zero-order valence-corrected chi connectivity index (χ0v) is 8.73. The van der Waals surface area contributed by atoms with E-state index in [2.05, 4.69) is 24.1 Å². The zero-order chi connectivity index (χ0) is 10.4. The summed E-state index contributed by atoms with van der Waals surface area (Å²) in [5, 5.41) is 3.27. The molecule has 0 aliphatic rings. The third-order valence-electron chi connectivity index (χ3n) is 1.86. The van der Waals surface area contributed by atoms with Gasteiger partial charge >= 0.3 is 5.69 Å². The Bertz CT molecular complexity index is 319. The smallest absolute Gasteiger partial charge is 0.315 e. The molecule has 1 aromatic heterocycles. The molecule has 0 saturated carbocycles. The van der Waals surface area contributed by atoms with Gasteiger partial charge in [0, 0.05) is 25.5 Å². The molecule has 0 fully saturated rings. The quantitative estimate of drug-likeness (QED) is 0.695. The largest absolute Gasteiger partial charge is 0.347 e. The predicted molar refractivity (Wildman–Crippen MR) is 56.2 cm³/mol. The van der Waals surface area contributed by atoms with Crippen LogP contribution in [0.15, 0.2) is 23.3 Å². The fourth-order valence-corrected chi connectivity index (χ4v) is 1.15. The number of hydrogen-bond acceptors (Lipinski definition) is 3. The van der Waals surface area contributed by atoms with E-state index in [0.717, 1.165) is 13.1 Å². The van der Waals surface area contributed by atoms with Gasteiger partial charge in [-0.2, -0.15) is 0 Å². The van der Waals surface area contributed by atoms with Crippen LogP contribution in [0.4, 0.5) is 0 Å². The highest BCUT2D eigenvalue weighted by Gasteiger charge is 1.95. The second-order valence-corrected chi connectivity index (χ2v) is 3.69. The second-order valence-electron chi connectivity index (χ2n) is 3.69. The Labute approximate surface area is 84.0 Å². The SMILES string of the molecule is CC(C)CNCCn1cccnc1=O. The summed E-state index contributed by atoms with van der Waals surface area (Å²) < 4.78 is 1.60. The normalized spacial score (nSPS) is 10.8. The highest BCUT2D eigenvalue weighted by Crippen LogP contribution is 1.86. The summed E-state index contributed by atoms with van der Waals surface area (Å²) in [6.07, 6.45) is 3.27. The molecule has 1 rings (SSSR count). The molecule has 0 saturated heterocycles. The molecule has 14 heavy (non-hydrogen) atoms. The fourth-order valence-electron chi connectivity index (χ4n) is 1.15. The molecule has 0 aliphatic carbocycles. The molecule has 0 amide bonds. The Hall–Kier alpha value is -1.16. The molecule has 0 aliphatic heterocycles. The van der Waals surface area contributed by atoms with Gasteiger partial charge in [0.2, 0.25) is 0 Å². The molecular weight excluding hydrogens is 178 g/mol. The minimum Gasteiger partial charge on any atom is -0.315 e. The van der Waals surface area contributed by atoms with Crippen molar-refractivity contribution in [2.45, 2.75) is 20.4 Å². The van der Waals surface area contributed by atoms with E-state index in [4.69, 9.17) is 0 Å². The van der Waals surface area contributed by atoms with Gasteiger partial charge in [-0.05, 0) is 18.5 Å². The lowest BCUT2D eigenvalue weighted by Gasteiger charge is -2.07. The van der Waals surface area contributed by atoms with E-state index in [9.17, 15) is 4.79 Å². The van der Waals surface area contributed by atoms with Crippen LogP contribution in [0.1, 0.15) is 13.8 Å². The van der Waals surface area contributed by atoms with E-state index in [1.807, 2.05) is 0 Å². The van der Waals surface area contributed by atoms with Crippen molar-refractivity contribution >= 4 is 0 Å². The zero-order valence-electron chi connectivity index (χ0n) is 8.73. The Morgan fingerprint density at radius 1 is 1.57 bits per heavy atom. The Morgan fingerprint density at radius 2 is 2.36 bits per heavy atom. The van der Waals surface area contributed by atoms with Gasteiger partial charge in [0.15, 0.2) is 0 Å². The molecule has 0 aromatic carbocycles. The third-order valence-corrected chi connectivity index (χ3v) is 1.86. The van der Waals surface area contributed by atoms with Gasteiger partial charge in [-0.15, -0.1) is 0 Å². The molecule has 4 heteroatoms. The van der Waals surface area contributed by atoms with Crippen molar-refractivity contribution in [3.05, 3.63) is 28.9 Å². The molecule has 0 radical (unpaired) electrons. The second kappa shape index (κ2) is 5.54. The van der Waals surface area contributed by atoms with Crippen LogP contribution in [0.2, 0.25) is 0 Å². The van der Waals surface area contributed by atoms with E-state index in [1.165, 1.54) is 6.20 Å². The molecule has 0 atom stereocenters. The van der Waals surface area contributed by atoms with Gasteiger partial charge < -0.3 is 5.32 Å². The molecule has 1 heterocycles. The van der Waals surface area contributed by atoms with Crippen LogP contribution in [0, 0.1) is 5.92 Å². The van der Waals surface area contributed by atoms with E-state index in [-0.39, 0.29) is 5.69 Å². The van der Waals surface area contributed by atoms with Crippen LogP contribution < -0.4 is 11.0 Å². The molecular formula is C10H17N3O. The van der Waals surface area contributed by atoms with Crippen LogP contribution in [-0.2, 0) is 6.54 Å². The highest BCUT2D eigenvalue weighted by atomic mass is 16.1. The molecule has 1 N–H and O–H groups in total. The number of hydrogen-bond donors (Lipinski definition) is 1. The van der Waals surface area contributed by atoms with Crippen molar-refractivity contribution in [2.24, 2.45) is 5.92 Å². The predicted octanol–water partition coefficient (Wildman–Crippen LogP) is 0.489. The van der Waals surface area contributed by atoms with Crippen molar-refractivity contribution in [3.8, 4) is 0 Å². The summed E-state index contributed by atoms with van der Waals surface area (Å²) in [5.74, 6) is 0.639. The first-order valence-electron chi connectivity index (χ1n) is 4.92. The van der Waals surface area contributed by atoms with E-state index in [1.54, 1.807) is 16.8 Å². The van der Waals surface area contributed by atoms with Crippen LogP contribution in [0.5, 0.6) is 0 Å². The minimum atomic E-state index is -0.182. The fraction of sp³-hybridized carbons (Fsp3) is 0.600. The highest BCUT2D eigenvalue weighted by molar-refractivity contribution is 4.80. The lowest BCUT2D eigenvalue weighted by molar-refractivity contribution is 0.516. The summed E-state index contributed by atoms with van der Waals surface area (Å²) >= 11 is 0. The van der Waals surface area contributed by atoms with Crippen molar-refractivity contribution in [1.29, 1.82) is 0 Å². The topological polar surface area (TPSA) is 46.9 Å². The van der Waals surface area contributed by atoms with E-state index < -0.39 is 0 Å². The van der Waals surface area contributed by atoms with Gasteiger partial charge in [0.25, 0.3) is 0 Å². The van der Waals surface area contributed by atoms with Crippen molar-refractivity contribution < 1.29 is 0 Å². The molecule has 0 bridgehead atoms. The number of nitrogens with zero attached hydrogens (tertiary/aromatic N) is 2. The Kier molecular flexibility index (Phi) is 4.32. The maximum Gasteiger partial charge on any atom is 0.347 e. The van der Waals surface area contributed by atoms with Gasteiger partial charge in [0.05, 0.1) is 0 Å². The first-order chi connectivity index (χ1) is 6.70. The van der Waals surface area contributed by atoms with Crippen LogP contribution in [-0.4, -0.2) is 22.6 Å². The third kappa shape index (κ3) is 3.70. The average Bonchev–Trinajstić information content (AvgIpc) is 2.15. The van der Waals surface area contributed by atoms with Crippen LogP contribution >= 0.6 is 0 Å². The Morgan fingerprint density at radius 3 is 3.00 bits per heavy atom. The van der Waals surface area contributed by atoms with Crippen molar-refractivity contribution in [3.63, 3.8) is 0 Å². The lowest BCUT2D eigenvalue weighted by atomic mass is 10.2. The number of aromatic nitrogens is 2. The Balaban J connectivity index is 2.32. The summed E-state index contributed by atoms with van der Waals surface area (Å²) in [6.45, 7) is 6.78. The molecule has 1 aromatic rings.